The van der Waals surface area contributed by atoms with Gasteiger partial charge >= 0.3 is 24.0 Å². The maximum atomic E-state index is 12.9. The topological polar surface area (TPSA) is 94.9 Å². The van der Waals surface area contributed by atoms with Gasteiger partial charge in [0.05, 0.1) is 22.5 Å². The Labute approximate surface area is 138 Å². The summed E-state index contributed by atoms with van der Waals surface area (Å²) in [7, 11) is 0. The van der Waals surface area contributed by atoms with Crippen LogP contribution in [-0.4, -0.2) is 28.1 Å². The fourth-order valence-electron chi connectivity index (χ4n) is 2.13. The number of aliphatic carboxylic acids is 1. The maximum Gasteiger partial charge on any atom is 0.416 e. The molecular weight excluding hydrogens is 343 g/mol. The van der Waals surface area contributed by atoms with E-state index in [9.17, 15) is 32.7 Å². The second-order valence-corrected chi connectivity index (χ2v) is 4.82. The van der Waals surface area contributed by atoms with Gasteiger partial charge in [0, 0.05) is 0 Å². The average molecular weight is 353 g/mol. The van der Waals surface area contributed by atoms with Crippen molar-refractivity contribution in [1.29, 1.82) is 0 Å². The van der Waals surface area contributed by atoms with E-state index in [1.54, 1.807) is 0 Å². The number of aromatic carboxylic acids is 1. The van der Waals surface area contributed by atoms with Gasteiger partial charge in [-0.25, -0.2) is 9.59 Å². The van der Waals surface area contributed by atoms with Crippen LogP contribution < -0.4 is 4.90 Å². The van der Waals surface area contributed by atoms with Crippen molar-refractivity contribution in [2.24, 2.45) is 0 Å². The molecule has 0 saturated carbocycles. The van der Waals surface area contributed by atoms with Crippen LogP contribution in [0.3, 0.4) is 0 Å². The summed E-state index contributed by atoms with van der Waals surface area (Å²) in [5.41, 5.74) is -2.33. The molecule has 9 heteroatoms. The number of rotatable bonds is 3. The van der Waals surface area contributed by atoms with E-state index in [-0.39, 0.29) is 5.69 Å². The largest absolute Gasteiger partial charge is 0.478 e. The zero-order valence-electron chi connectivity index (χ0n) is 12.3. The fraction of sp³-hybridized carbons (Fsp3) is 0.0625. The number of benzene rings is 2. The minimum Gasteiger partial charge on any atom is -0.478 e. The van der Waals surface area contributed by atoms with Crippen molar-refractivity contribution >= 4 is 29.2 Å². The second kappa shape index (κ2) is 6.63. The number of carbonyl (C=O) groups is 3. The van der Waals surface area contributed by atoms with Gasteiger partial charge in [-0.15, -0.1) is 0 Å². The van der Waals surface area contributed by atoms with E-state index in [1.807, 2.05) is 0 Å². The Kier molecular flexibility index (Phi) is 4.77. The molecule has 0 aliphatic heterocycles. The minimum absolute atomic E-state index is 0.360. The van der Waals surface area contributed by atoms with Crippen LogP contribution in [0.4, 0.5) is 24.5 Å². The highest BCUT2D eigenvalue weighted by Gasteiger charge is 2.33. The molecule has 0 aliphatic carbocycles. The van der Waals surface area contributed by atoms with Crippen LogP contribution in [-0.2, 0) is 15.8 Å². The monoisotopic (exact) mass is 353 g/mol. The molecule has 6 nitrogen and oxygen atoms in total. The summed E-state index contributed by atoms with van der Waals surface area (Å²) in [4.78, 5) is 34.8. The third kappa shape index (κ3) is 3.77. The van der Waals surface area contributed by atoms with E-state index in [1.165, 1.54) is 12.1 Å². The lowest BCUT2D eigenvalue weighted by Gasteiger charge is -2.23. The fourth-order valence-corrected chi connectivity index (χ4v) is 2.13. The van der Waals surface area contributed by atoms with E-state index in [0.717, 1.165) is 30.3 Å². The number of carboxylic acids is 2. The van der Waals surface area contributed by atoms with E-state index >= 15 is 0 Å². The van der Waals surface area contributed by atoms with Crippen LogP contribution >= 0.6 is 0 Å². The van der Waals surface area contributed by atoms with Gasteiger partial charge in [-0.05, 0) is 30.3 Å². The highest BCUT2D eigenvalue weighted by atomic mass is 19.4. The molecule has 0 radical (unpaired) electrons. The van der Waals surface area contributed by atoms with Crippen molar-refractivity contribution in [2.75, 3.05) is 4.90 Å². The van der Waals surface area contributed by atoms with Gasteiger partial charge in [0.25, 0.3) is 0 Å². The Morgan fingerprint density at radius 2 is 1.56 bits per heavy atom. The Morgan fingerprint density at radius 3 is 2.12 bits per heavy atom. The molecule has 0 spiro atoms. The van der Waals surface area contributed by atoms with Crippen molar-refractivity contribution in [3.8, 4) is 0 Å². The number of hydrogen-bond acceptors (Lipinski definition) is 3. The summed E-state index contributed by atoms with van der Waals surface area (Å²) in [6, 6.07) is 8.28. The lowest BCUT2D eigenvalue weighted by molar-refractivity contribution is -0.148. The van der Waals surface area contributed by atoms with Crippen LogP contribution in [0.15, 0.2) is 48.5 Å². The van der Waals surface area contributed by atoms with Gasteiger partial charge in [-0.2, -0.15) is 13.2 Å². The average Bonchev–Trinajstić information content (AvgIpc) is 2.54. The Morgan fingerprint density at radius 1 is 0.920 bits per heavy atom. The number of carbonyl (C=O) groups excluding carboxylic acids is 1. The smallest absolute Gasteiger partial charge is 0.416 e. The predicted octanol–water partition coefficient (Wildman–Crippen LogP) is 3.15. The van der Waals surface area contributed by atoms with E-state index in [4.69, 9.17) is 5.11 Å². The lowest BCUT2D eigenvalue weighted by atomic mass is 10.1. The molecule has 2 rings (SSSR count). The highest BCUT2D eigenvalue weighted by Crippen LogP contribution is 2.35. The number of hydrogen-bond donors (Lipinski definition) is 2. The first-order chi connectivity index (χ1) is 11.6. The predicted molar refractivity (Wildman–Crippen MR) is 79.6 cm³/mol. The normalized spacial score (nSPS) is 11.0. The van der Waals surface area contributed by atoms with Crippen LogP contribution in [0.25, 0.3) is 0 Å². The molecular formula is C16H10F3NO5. The van der Waals surface area contributed by atoms with Gasteiger partial charge in [0.2, 0.25) is 0 Å². The standard InChI is InChI=1S/C16H10F3NO5/c17-16(18,19)9-4-3-5-10(8-9)20(13(21)15(24)25)12-7-2-1-6-11(12)14(22)23/h1-8H,(H,22,23)(H,24,25). The van der Waals surface area contributed by atoms with E-state index in [0.29, 0.717) is 11.0 Å². The zero-order valence-corrected chi connectivity index (χ0v) is 12.3. The quantitative estimate of drug-likeness (QED) is 0.827. The van der Waals surface area contributed by atoms with E-state index in [2.05, 4.69) is 0 Å². The summed E-state index contributed by atoms with van der Waals surface area (Å²) >= 11 is 0. The first kappa shape index (κ1) is 18.0. The molecule has 0 saturated heterocycles. The summed E-state index contributed by atoms with van der Waals surface area (Å²) in [5, 5.41) is 18.2. The summed E-state index contributed by atoms with van der Waals surface area (Å²) < 4.78 is 38.7. The molecule has 0 aliphatic rings. The number of alkyl halides is 3. The molecule has 25 heavy (non-hydrogen) atoms. The number of nitrogens with zero attached hydrogens (tertiary/aromatic N) is 1. The number of amides is 1. The van der Waals surface area contributed by atoms with Gasteiger partial charge in [-0.3, -0.25) is 9.69 Å². The summed E-state index contributed by atoms with van der Waals surface area (Å²) in [6.45, 7) is 0. The molecule has 0 heterocycles. The first-order valence-electron chi connectivity index (χ1n) is 6.70. The first-order valence-corrected chi connectivity index (χ1v) is 6.70. The molecule has 0 unspecified atom stereocenters. The Bertz CT molecular complexity index is 848. The molecule has 0 fully saturated rings. The molecule has 2 aromatic carbocycles. The Hall–Kier alpha value is -3.36. The third-order valence-corrected chi connectivity index (χ3v) is 3.19. The summed E-state index contributed by atoms with van der Waals surface area (Å²) in [5.74, 6) is -5.00. The van der Waals surface area contributed by atoms with Gasteiger partial charge in [0.15, 0.2) is 0 Å². The van der Waals surface area contributed by atoms with Crippen LogP contribution in [0, 0.1) is 0 Å². The Balaban J connectivity index is 2.70. The highest BCUT2D eigenvalue weighted by molar-refractivity contribution is 6.39. The zero-order chi connectivity index (χ0) is 18.8. The minimum atomic E-state index is -4.72. The number of halogens is 3. The number of para-hydroxylation sites is 1. The molecule has 1 amide bonds. The molecule has 0 atom stereocenters. The molecule has 0 bridgehead atoms. The molecule has 130 valence electrons. The lowest BCUT2D eigenvalue weighted by Crippen LogP contribution is -2.33. The second-order valence-electron chi connectivity index (χ2n) is 4.82. The molecule has 2 aromatic rings. The molecule has 2 N–H and O–H groups in total. The van der Waals surface area contributed by atoms with Crippen molar-refractivity contribution in [1.82, 2.24) is 0 Å². The van der Waals surface area contributed by atoms with Crippen molar-refractivity contribution in [3.63, 3.8) is 0 Å². The SMILES string of the molecule is O=C(O)C(=O)N(c1cccc(C(F)(F)F)c1)c1ccccc1C(=O)O. The van der Waals surface area contributed by atoms with Gasteiger partial charge in [0.1, 0.15) is 0 Å². The van der Waals surface area contributed by atoms with Crippen molar-refractivity contribution in [3.05, 3.63) is 59.7 Å². The van der Waals surface area contributed by atoms with Crippen LogP contribution in [0.5, 0.6) is 0 Å². The summed E-state index contributed by atoms with van der Waals surface area (Å²) in [6.07, 6.45) is -4.72. The van der Waals surface area contributed by atoms with Gasteiger partial charge in [-0.1, -0.05) is 18.2 Å². The third-order valence-electron chi connectivity index (χ3n) is 3.19. The van der Waals surface area contributed by atoms with E-state index < -0.39 is 40.8 Å². The molecule has 0 aromatic heterocycles. The van der Waals surface area contributed by atoms with Crippen LogP contribution in [0.1, 0.15) is 15.9 Å². The number of anilines is 2. The number of carboxylic acid groups (broad SMARTS) is 2. The maximum absolute atomic E-state index is 12.9. The van der Waals surface area contributed by atoms with Crippen molar-refractivity contribution in [2.45, 2.75) is 6.18 Å². The van der Waals surface area contributed by atoms with Crippen LogP contribution in [0.2, 0.25) is 0 Å². The van der Waals surface area contributed by atoms with Gasteiger partial charge < -0.3 is 10.2 Å². The van der Waals surface area contributed by atoms with Crippen molar-refractivity contribution < 1.29 is 37.8 Å².